The van der Waals surface area contributed by atoms with Gasteiger partial charge in [-0.3, -0.25) is 4.79 Å². The van der Waals surface area contributed by atoms with E-state index in [1.807, 2.05) is 6.92 Å². The molecule has 5 heteroatoms. The third-order valence-electron chi connectivity index (χ3n) is 2.92. The Bertz CT molecular complexity index is 398. The summed E-state index contributed by atoms with van der Waals surface area (Å²) >= 11 is 0. The maximum Gasteiger partial charge on any atom is 0.254 e. The molecule has 0 saturated heterocycles. The van der Waals surface area contributed by atoms with E-state index in [4.69, 9.17) is 15.2 Å². The number of carbonyl (C=O) groups is 1. The van der Waals surface area contributed by atoms with E-state index in [9.17, 15) is 4.79 Å². The first kappa shape index (κ1) is 14.3. The number of likely N-dealkylation sites (N-methyl/N-ethyl adjacent to an activating group) is 1. The molecule has 0 saturated carbocycles. The molecule has 0 aliphatic heterocycles. The predicted octanol–water partition coefficient (Wildman–Crippen LogP) is 1.12. The van der Waals surface area contributed by atoms with Gasteiger partial charge < -0.3 is 20.1 Å². The zero-order valence-corrected chi connectivity index (χ0v) is 11.3. The summed E-state index contributed by atoms with van der Waals surface area (Å²) in [6.45, 7) is 2.32. The van der Waals surface area contributed by atoms with Gasteiger partial charge >= 0.3 is 0 Å². The largest absolute Gasteiger partial charge is 0.497 e. The number of rotatable bonds is 5. The van der Waals surface area contributed by atoms with Gasteiger partial charge in [-0.25, -0.2) is 0 Å². The molecule has 1 rings (SSSR count). The van der Waals surface area contributed by atoms with Crippen LogP contribution in [0.25, 0.3) is 0 Å². The molecular weight excluding hydrogens is 232 g/mol. The van der Waals surface area contributed by atoms with Crippen molar-refractivity contribution in [2.75, 3.05) is 27.8 Å². The van der Waals surface area contributed by atoms with Crippen LogP contribution in [0.1, 0.15) is 17.3 Å². The summed E-state index contributed by atoms with van der Waals surface area (Å²) in [6.07, 6.45) is 0. The highest BCUT2D eigenvalue weighted by atomic mass is 16.5. The zero-order valence-electron chi connectivity index (χ0n) is 11.3. The Morgan fingerprint density at radius 1 is 1.28 bits per heavy atom. The van der Waals surface area contributed by atoms with E-state index in [1.165, 1.54) is 0 Å². The lowest BCUT2D eigenvalue weighted by Crippen LogP contribution is -2.39. The fourth-order valence-corrected chi connectivity index (χ4v) is 1.49. The van der Waals surface area contributed by atoms with Crippen LogP contribution in [0.15, 0.2) is 18.2 Å². The van der Waals surface area contributed by atoms with E-state index in [0.29, 0.717) is 23.6 Å². The van der Waals surface area contributed by atoms with E-state index in [-0.39, 0.29) is 11.9 Å². The monoisotopic (exact) mass is 252 g/mol. The normalized spacial score (nSPS) is 11.8. The molecule has 5 nitrogen and oxygen atoms in total. The molecule has 0 radical (unpaired) electrons. The van der Waals surface area contributed by atoms with Crippen LogP contribution < -0.4 is 15.2 Å². The molecule has 0 aliphatic rings. The van der Waals surface area contributed by atoms with Crippen molar-refractivity contribution < 1.29 is 14.3 Å². The second-order valence-corrected chi connectivity index (χ2v) is 4.10. The number of nitrogens with zero attached hydrogens (tertiary/aromatic N) is 1. The van der Waals surface area contributed by atoms with Crippen LogP contribution >= 0.6 is 0 Å². The number of benzene rings is 1. The number of ether oxygens (including phenoxy) is 2. The average molecular weight is 252 g/mol. The predicted molar refractivity (Wildman–Crippen MR) is 70.2 cm³/mol. The van der Waals surface area contributed by atoms with Gasteiger partial charge in [0, 0.05) is 31.3 Å². The number of nitrogens with two attached hydrogens (primary N) is 1. The van der Waals surface area contributed by atoms with Crippen LogP contribution in [0.2, 0.25) is 0 Å². The van der Waals surface area contributed by atoms with E-state index in [1.54, 1.807) is 44.4 Å². The van der Waals surface area contributed by atoms with Gasteiger partial charge in [-0.2, -0.15) is 0 Å². The van der Waals surface area contributed by atoms with Gasteiger partial charge in [-0.15, -0.1) is 0 Å². The Morgan fingerprint density at radius 3 is 2.17 bits per heavy atom. The fourth-order valence-electron chi connectivity index (χ4n) is 1.49. The standard InChI is InChI=1S/C13H20N2O3/c1-9(8-14)15(2)13(16)10-5-11(17-3)7-12(6-10)18-4/h5-7,9H,8,14H2,1-4H3. The van der Waals surface area contributed by atoms with Crippen molar-refractivity contribution in [3.63, 3.8) is 0 Å². The lowest BCUT2D eigenvalue weighted by Gasteiger charge is -2.24. The van der Waals surface area contributed by atoms with Crippen LogP contribution in [-0.2, 0) is 0 Å². The van der Waals surface area contributed by atoms with Crippen molar-refractivity contribution in [1.29, 1.82) is 0 Å². The molecule has 0 spiro atoms. The van der Waals surface area contributed by atoms with Crippen molar-refractivity contribution >= 4 is 5.91 Å². The first-order chi connectivity index (χ1) is 8.53. The molecule has 1 unspecified atom stereocenters. The van der Waals surface area contributed by atoms with E-state index in [2.05, 4.69) is 0 Å². The summed E-state index contributed by atoms with van der Waals surface area (Å²) in [5, 5.41) is 0. The number of hydrogen-bond acceptors (Lipinski definition) is 4. The van der Waals surface area contributed by atoms with Crippen molar-refractivity contribution in [3.8, 4) is 11.5 Å². The maximum absolute atomic E-state index is 12.2. The van der Waals surface area contributed by atoms with Crippen molar-refractivity contribution in [1.82, 2.24) is 4.90 Å². The smallest absolute Gasteiger partial charge is 0.254 e. The Balaban J connectivity index is 3.04. The second kappa shape index (κ2) is 6.26. The highest BCUT2D eigenvalue weighted by molar-refractivity contribution is 5.95. The molecule has 100 valence electrons. The minimum atomic E-state index is -0.106. The number of carbonyl (C=O) groups excluding carboxylic acids is 1. The Morgan fingerprint density at radius 2 is 1.78 bits per heavy atom. The molecule has 1 aromatic rings. The number of hydrogen-bond donors (Lipinski definition) is 1. The molecule has 0 aliphatic carbocycles. The van der Waals surface area contributed by atoms with Crippen molar-refractivity contribution in [2.45, 2.75) is 13.0 Å². The topological polar surface area (TPSA) is 64.8 Å². The van der Waals surface area contributed by atoms with E-state index in [0.717, 1.165) is 0 Å². The minimum Gasteiger partial charge on any atom is -0.497 e. The molecule has 0 aromatic heterocycles. The molecule has 0 heterocycles. The lowest BCUT2D eigenvalue weighted by molar-refractivity contribution is 0.0747. The molecule has 1 aromatic carbocycles. The summed E-state index contributed by atoms with van der Waals surface area (Å²) in [6, 6.07) is 5.08. The van der Waals surface area contributed by atoms with Gasteiger partial charge in [0.1, 0.15) is 11.5 Å². The highest BCUT2D eigenvalue weighted by Crippen LogP contribution is 2.23. The summed E-state index contributed by atoms with van der Waals surface area (Å²) in [5.74, 6) is 1.07. The van der Waals surface area contributed by atoms with Crippen LogP contribution in [0.5, 0.6) is 11.5 Å². The number of methoxy groups -OCH3 is 2. The van der Waals surface area contributed by atoms with Crippen molar-refractivity contribution in [3.05, 3.63) is 23.8 Å². The third kappa shape index (κ3) is 3.13. The van der Waals surface area contributed by atoms with Gasteiger partial charge in [0.05, 0.1) is 14.2 Å². The average Bonchev–Trinajstić information content (AvgIpc) is 2.43. The highest BCUT2D eigenvalue weighted by Gasteiger charge is 2.17. The molecular formula is C13H20N2O3. The van der Waals surface area contributed by atoms with Gasteiger partial charge in [0.15, 0.2) is 0 Å². The zero-order chi connectivity index (χ0) is 13.7. The fraction of sp³-hybridized carbons (Fsp3) is 0.462. The molecule has 0 bridgehead atoms. The van der Waals surface area contributed by atoms with Gasteiger partial charge in [0.2, 0.25) is 0 Å². The van der Waals surface area contributed by atoms with Gasteiger partial charge in [-0.1, -0.05) is 0 Å². The number of amides is 1. The van der Waals surface area contributed by atoms with Crippen LogP contribution in [0.3, 0.4) is 0 Å². The van der Waals surface area contributed by atoms with Gasteiger partial charge in [-0.05, 0) is 19.1 Å². The Labute approximate surface area is 107 Å². The van der Waals surface area contributed by atoms with Crippen LogP contribution in [-0.4, -0.2) is 44.7 Å². The summed E-state index contributed by atoms with van der Waals surface area (Å²) in [7, 11) is 4.83. The lowest BCUT2D eigenvalue weighted by atomic mass is 10.1. The summed E-state index contributed by atoms with van der Waals surface area (Å²) < 4.78 is 10.3. The SMILES string of the molecule is COc1cc(OC)cc(C(=O)N(C)C(C)CN)c1. The quantitative estimate of drug-likeness (QED) is 0.853. The third-order valence-corrected chi connectivity index (χ3v) is 2.92. The molecule has 2 N–H and O–H groups in total. The van der Waals surface area contributed by atoms with E-state index >= 15 is 0 Å². The summed E-state index contributed by atoms with van der Waals surface area (Å²) in [4.78, 5) is 13.8. The molecule has 1 amide bonds. The molecule has 0 fully saturated rings. The first-order valence-electron chi connectivity index (χ1n) is 5.73. The van der Waals surface area contributed by atoms with Crippen molar-refractivity contribution in [2.24, 2.45) is 5.73 Å². The van der Waals surface area contributed by atoms with Gasteiger partial charge in [0.25, 0.3) is 5.91 Å². The molecule has 18 heavy (non-hydrogen) atoms. The maximum atomic E-state index is 12.2. The van der Waals surface area contributed by atoms with Crippen LogP contribution in [0, 0.1) is 0 Å². The Hall–Kier alpha value is -1.75. The first-order valence-corrected chi connectivity index (χ1v) is 5.73. The second-order valence-electron chi connectivity index (χ2n) is 4.10. The Kier molecular flexibility index (Phi) is 4.97. The van der Waals surface area contributed by atoms with Crippen LogP contribution in [0.4, 0.5) is 0 Å². The molecule has 1 atom stereocenters. The summed E-state index contributed by atoms with van der Waals surface area (Å²) in [5.41, 5.74) is 6.08. The minimum absolute atomic E-state index is 0.0188. The van der Waals surface area contributed by atoms with E-state index < -0.39 is 0 Å².